The number of hydrogen-bond donors (Lipinski definition) is 1. The van der Waals surface area contributed by atoms with E-state index in [1.807, 2.05) is 6.92 Å². The zero-order valence-corrected chi connectivity index (χ0v) is 17.0. The average molecular weight is 385 g/mol. The number of carbonyl (C=O) groups excluding carboxylic acids is 1. The minimum absolute atomic E-state index is 0.197. The van der Waals surface area contributed by atoms with Gasteiger partial charge in [0.05, 0.1) is 16.6 Å². The van der Waals surface area contributed by atoms with E-state index >= 15 is 0 Å². The van der Waals surface area contributed by atoms with Gasteiger partial charge in [0.2, 0.25) is 0 Å². The van der Waals surface area contributed by atoms with E-state index in [0.29, 0.717) is 28.4 Å². The summed E-state index contributed by atoms with van der Waals surface area (Å²) in [6, 6.07) is 0. The molecule has 3 aromatic rings. The van der Waals surface area contributed by atoms with Crippen molar-refractivity contribution < 1.29 is 4.79 Å². The summed E-state index contributed by atoms with van der Waals surface area (Å²) in [7, 11) is 1.79. The van der Waals surface area contributed by atoms with Crippen molar-refractivity contribution in [2.45, 2.75) is 47.0 Å². The van der Waals surface area contributed by atoms with Crippen LogP contribution in [0.1, 0.15) is 51.4 Å². The van der Waals surface area contributed by atoms with E-state index < -0.39 is 0 Å². The summed E-state index contributed by atoms with van der Waals surface area (Å²) < 4.78 is 2.94. The number of thiophene rings is 1. The standard InChI is InChI=1S/C19H23N5O2S/c1-9-6-7-13-14(8-9)27-18-16(13)19(26)24(12(4)20-18)22-17(25)15-10(2)21-23(5)11(15)3/h9H,6-8H2,1-5H3,(H,22,25)/t9-/m1/s1. The molecule has 1 amide bonds. The lowest BCUT2D eigenvalue weighted by Gasteiger charge is -2.17. The van der Waals surface area contributed by atoms with Crippen molar-refractivity contribution in [2.75, 3.05) is 5.43 Å². The Morgan fingerprint density at radius 1 is 1.30 bits per heavy atom. The number of nitrogens with one attached hydrogen (secondary N) is 1. The van der Waals surface area contributed by atoms with Crippen molar-refractivity contribution >= 4 is 27.5 Å². The van der Waals surface area contributed by atoms with Gasteiger partial charge in [-0.05, 0) is 51.5 Å². The minimum Gasteiger partial charge on any atom is -0.272 e. The second kappa shape index (κ2) is 6.30. The second-order valence-electron chi connectivity index (χ2n) is 7.44. The van der Waals surface area contributed by atoms with E-state index in [2.05, 4.69) is 22.4 Å². The first-order chi connectivity index (χ1) is 12.8. The maximum absolute atomic E-state index is 13.2. The van der Waals surface area contributed by atoms with Gasteiger partial charge in [-0.15, -0.1) is 11.3 Å². The van der Waals surface area contributed by atoms with Crippen LogP contribution >= 0.6 is 11.3 Å². The molecule has 0 unspecified atom stereocenters. The summed E-state index contributed by atoms with van der Waals surface area (Å²) in [5.74, 6) is 0.763. The summed E-state index contributed by atoms with van der Waals surface area (Å²) in [5.41, 5.74) is 5.54. The van der Waals surface area contributed by atoms with Crippen LogP contribution in [0.5, 0.6) is 0 Å². The molecule has 4 rings (SSSR count). The van der Waals surface area contributed by atoms with Gasteiger partial charge in [-0.25, -0.2) is 9.66 Å². The molecular formula is C19H23N5O2S. The summed E-state index contributed by atoms with van der Waals surface area (Å²) in [6.07, 6.45) is 2.97. The van der Waals surface area contributed by atoms with Crippen LogP contribution in [0.25, 0.3) is 10.2 Å². The molecule has 0 aromatic carbocycles. The molecule has 0 saturated heterocycles. The van der Waals surface area contributed by atoms with E-state index in [-0.39, 0.29) is 11.5 Å². The van der Waals surface area contributed by atoms with Gasteiger partial charge in [-0.1, -0.05) is 6.92 Å². The maximum Gasteiger partial charge on any atom is 0.281 e. The number of aryl methyl sites for hydroxylation is 4. The number of hydrogen-bond acceptors (Lipinski definition) is 5. The lowest BCUT2D eigenvalue weighted by atomic mass is 9.89. The van der Waals surface area contributed by atoms with Crippen LogP contribution in [0.15, 0.2) is 4.79 Å². The van der Waals surface area contributed by atoms with Crippen LogP contribution in [0, 0.1) is 26.7 Å². The fraction of sp³-hybridized carbons (Fsp3) is 0.474. The van der Waals surface area contributed by atoms with Gasteiger partial charge in [-0.2, -0.15) is 5.10 Å². The second-order valence-corrected chi connectivity index (χ2v) is 8.53. The van der Waals surface area contributed by atoms with Crippen molar-refractivity contribution in [1.82, 2.24) is 19.4 Å². The molecule has 0 spiro atoms. The first-order valence-corrected chi connectivity index (χ1v) is 9.95. The molecule has 3 aromatic heterocycles. The molecule has 27 heavy (non-hydrogen) atoms. The molecule has 1 aliphatic carbocycles. The Bertz CT molecular complexity index is 1140. The number of amides is 1. The van der Waals surface area contributed by atoms with Crippen molar-refractivity contribution in [3.05, 3.63) is 43.6 Å². The van der Waals surface area contributed by atoms with Crippen molar-refractivity contribution in [1.29, 1.82) is 0 Å². The summed E-state index contributed by atoms with van der Waals surface area (Å²) in [6.45, 7) is 7.60. The molecular weight excluding hydrogens is 362 g/mol. The number of nitrogens with zero attached hydrogens (tertiary/aromatic N) is 4. The Hall–Kier alpha value is -2.48. The van der Waals surface area contributed by atoms with E-state index in [0.717, 1.165) is 35.4 Å². The van der Waals surface area contributed by atoms with Gasteiger partial charge in [0.1, 0.15) is 10.7 Å². The number of aromatic nitrogens is 4. The molecule has 0 bridgehead atoms. The van der Waals surface area contributed by atoms with E-state index in [4.69, 9.17) is 0 Å². The van der Waals surface area contributed by atoms with Crippen molar-refractivity contribution in [3.8, 4) is 0 Å². The number of rotatable bonds is 2. The molecule has 7 nitrogen and oxygen atoms in total. The SMILES string of the molecule is Cc1nn(C)c(C)c1C(=O)Nn1c(C)nc2sc3c(c2c1=O)CC[C@@H](C)C3. The molecule has 0 aliphatic heterocycles. The van der Waals surface area contributed by atoms with Crippen LogP contribution < -0.4 is 11.0 Å². The van der Waals surface area contributed by atoms with Crippen LogP contribution in [0.2, 0.25) is 0 Å². The molecule has 3 heterocycles. The molecule has 1 N–H and O–H groups in total. The lowest BCUT2D eigenvalue weighted by molar-refractivity contribution is 0.100. The van der Waals surface area contributed by atoms with E-state index in [1.165, 1.54) is 9.55 Å². The van der Waals surface area contributed by atoms with Gasteiger partial charge in [0, 0.05) is 17.6 Å². The van der Waals surface area contributed by atoms with Crippen LogP contribution in [0.3, 0.4) is 0 Å². The predicted molar refractivity (Wildman–Crippen MR) is 106 cm³/mol. The fourth-order valence-electron chi connectivity index (χ4n) is 3.88. The van der Waals surface area contributed by atoms with Gasteiger partial charge in [0.25, 0.3) is 11.5 Å². The Morgan fingerprint density at radius 2 is 2.04 bits per heavy atom. The fourth-order valence-corrected chi connectivity index (χ4v) is 5.30. The molecule has 8 heteroatoms. The molecule has 0 saturated carbocycles. The average Bonchev–Trinajstić information content (AvgIpc) is 3.07. The van der Waals surface area contributed by atoms with Gasteiger partial charge < -0.3 is 0 Å². The molecule has 1 aliphatic rings. The number of fused-ring (bicyclic) bond motifs is 3. The van der Waals surface area contributed by atoms with Crippen LogP contribution in [0.4, 0.5) is 0 Å². The largest absolute Gasteiger partial charge is 0.281 e. The third-order valence-electron chi connectivity index (χ3n) is 5.45. The Balaban J connectivity index is 1.80. The van der Waals surface area contributed by atoms with E-state index in [1.54, 1.807) is 36.9 Å². The highest BCUT2D eigenvalue weighted by molar-refractivity contribution is 7.18. The van der Waals surface area contributed by atoms with Gasteiger partial charge in [0.15, 0.2) is 0 Å². The monoisotopic (exact) mass is 385 g/mol. The van der Waals surface area contributed by atoms with Crippen molar-refractivity contribution in [3.63, 3.8) is 0 Å². The zero-order valence-electron chi connectivity index (χ0n) is 16.2. The smallest absolute Gasteiger partial charge is 0.272 e. The quantitative estimate of drug-likeness (QED) is 0.735. The van der Waals surface area contributed by atoms with E-state index in [9.17, 15) is 9.59 Å². The maximum atomic E-state index is 13.2. The molecule has 1 atom stereocenters. The first-order valence-electron chi connectivity index (χ1n) is 9.13. The third-order valence-corrected chi connectivity index (χ3v) is 6.59. The summed E-state index contributed by atoms with van der Waals surface area (Å²) in [4.78, 5) is 32.7. The van der Waals surface area contributed by atoms with Crippen LogP contribution in [-0.2, 0) is 19.9 Å². The summed E-state index contributed by atoms with van der Waals surface area (Å²) >= 11 is 1.61. The lowest BCUT2D eigenvalue weighted by Crippen LogP contribution is -2.36. The third kappa shape index (κ3) is 2.79. The predicted octanol–water partition coefficient (Wildman–Crippen LogP) is 2.63. The Kier molecular flexibility index (Phi) is 4.18. The number of carbonyl (C=O) groups is 1. The van der Waals surface area contributed by atoms with Gasteiger partial charge in [-0.3, -0.25) is 19.7 Å². The topological polar surface area (TPSA) is 81.8 Å². The molecule has 0 fully saturated rings. The molecule has 0 radical (unpaired) electrons. The highest BCUT2D eigenvalue weighted by Gasteiger charge is 2.25. The highest BCUT2D eigenvalue weighted by atomic mass is 32.1. The van der Waals surface area contributed by atoms with Crippen molar-refractivity contribution in [2.24, 2.45) is 13.0 Å². The molecule has 142 valence electrons. The Labute approximate surface area is 161 Å². The highest BCUT2D eigenvalue weighted by Crippen LogP contribution is 2.35. The van der Waals surface area contributed by atoms with Gasteiger partial charge >= 0.3 is 0 Å². The summed E-state index contributed by atoms with van der Waals surface area (Å²) in [5, 5.41) is 4.94. The Morgan fingerprint density at radius 3 is 2.70 bits per heavy atom. The first kappa shape index (κ1) is 17.9. The normalized spacial score (nSPS) is 16.6. The minimum atomic E-state index is -0.345. The van der Waals surface area contributed by atoms with Crippen LogP contribution in [-0.4, -0.2) is 25.3 Å². The zero-order chi connectivity index (χ0) is 19.5.